The van der Waals surface area contributed by atoms with Crippen molar-refractivity contribution >= 4 is 34.8 Å². The standard InChI is InChI=1S/C30H33N3O4S/c1-33(27-18-9-8-17-26(27)29(35)31-23-12-4-2-5-13-23)30(38)32-28(34)22-11-10-16-25(21-22)37-20-19-36-24-14-6-3-7-15-24/h3,6-11,14-18,21,23H,2,4-5,12-13,19-20H2,1H3,(H,31,35)(H,32,34,38). The van der Waals surface area contributed by atoms with Gasteiger partial charge in [0.2, 0.25) is 0 Å². The Kier molecular flexibility index (Phi) is 9.70. The maximum Gasteiger partial charge on any atom is 0.257 e. The highest BCUT2D eigenvalue weighted by Crippen LogP contribution is 2.22. The molecule has 1 saturated carbocycles. The van der Waals surface area contributed by atoms with Gasteiger partial charge in [0.25, 0.3) is 11.8 Å². The Morgan fingerprint density at radius 1 is 0.842 bits per heavy atom. The summed E-state index contributed by atoms with van der Waals surface area (Å²) < 4.78 is 11.4. The summed E-state index contributed by atoms with van der Waals surface area (Å²) in [6.45, 7) is 0.712. The monoisotopic (exact) mass is 531 g/mol. The van der Waals surface area contributed by atoms with Gasteiger partial charge in [0.05, 0.1) is 11.3 Å². The number of amides is 2. The lowest BCUT2D eigenvalue weighted by Gasteiger charge is -2.26. The molecule has 2 amide bonds. The molecule has 1 aliphatic carbocycles. The van der Waals surface area contributed by atoms with E-state index in [1.165, 1.54) is 6.42 Å². The number of thiocarbonyl (C=S) groups is 1. The van der Waals surface area contributed by atoms with Gasteiger partial charge in [-0.2, -0.15) is 0 Å². The largest absolute Gasteiger partial charge is 0.490 e. The van der Waals surface area contributed by atoms with Gasteiger partial charge < -0.3 is 19.7 Å². The third-order valence-electron chi connectivity index (χ3n) is 6.44. The van der Waals surface area contributed by atoms with E-state index in [1.54, 1.807) is 42.3 Å². The van der Waals surface area contributed by atoms with E-state index < -0.39 is 0 Å². The molecule has 0 bridgehead atoms. The fourth-order valence-corrected chi connectivity index (χ4v) is 4.58. The maximum atomic E-state index is 13.0. The number of ether oxygens (including phenoxy) is 2. The number of benzene rings is 3. The third kappa shape index (κ3) is 7.55. The van der Waals surface area contributed by atoms with Crippen LogP contribution < -0.4 is 25.0 Å². The molecule has 1 fully saturated rings. The van der Waals surface area contributed by atoms with Crippen molar-refractivity contribution < 1.29 is 19.1 Å². The van der Waals surface area contributed by atoms with Gasteiger partial charge in [-0.05, 0) is 67.5 Å². The molecule has 2 N–H and O–H groups in total. The van der Waals surface area contributed by atoms with Crippen LogP contribution in [0.25, 0.3) is 0 Å². The molecule has 4 rings (SSSR count). The molecule has 7 nitrogen and oxygen atoms in total. The molecule has 0 aromatic heterocycles. The van der Waals surface area contributed by atoms with Crippen LogP contribution >= 0.6 is 12.2 Å². The summed E-state index contributed by atoms with van der Waals surface area (Å²) in [5.74, 6) is 0.833. The summed E-state index contributed by atoms with van der Waals surface area (Å²) >= 11 is 5.52. The molecular weight excluding hydrogens is 498 g/mol. The van der Waals surface area contributed by atoms with E-state index in [4.69, 9.17) is 21.7 Å². The predicted molar refractivity (Wildman–Crippen MR) is 153 cm³/mol. The van der Waals surface area contributed by atoms with Crippen molar-refractivity contribution in [3.8, 4) is 11.5 Å². The van der Waals surface area contributed by atoms with Crippen molar-refractivity contribution in [2.24, 2.45) is 0 Å². The average Bonchev–Trinajstić information content (AvgIpc) is 2.96. The predicted octanol–water partition coefficient (Wildman–Crippen LogP) is 5.36. The zero-order valence-electron chi connectivity index (χ0n) is 21.5. The zero-order valence-corrected chi connectivity index (χ0v) is 22.3. The van der Waals surface area contributed by atoms with E-state index in [0.29, 0.717) is 35.8 Å². The fourth-order valence-electron chi connectivity index (χ4n) is 4.39. The highest BCUT2D eigenvalue weighted by molar-refractivity contribution is 7.80. The van der Waals surface area contributed by atoms with Crippen molar-refractivity contribution in [2.75, 3.05) is 25.2 Å². The number of hydrogen-bond donors (Lipinski definition) is 2. The van der Waals surface area contributed by atoms with E-state index in [0.717, 1.165) is 31.4 Å². The molecule has 38 heavy (non-hydrogen) atoms. The summed E-state index contributed by atoms with van der Waals surface area (Å²) in [5, 5.41) is 6.11. The van der Waals surface area contributed by atoms with Crippen LogP contribution in [0, 0.1) is 0 Å². The minimum atomic E-state index is -0.364. The maximum absolute atomic E-state index is 13.0. The Labute approximate surface area is 229 Å². The van der Waals surface area contributed by atoms with Crippen LogP contribution in [0.5, 0.6) is 11.5 Å². The number of nitrogens with one attached hydrogen (secondary N) is 2. The summed E-state index contributed by atoms with van der Waals surface area (Å²) in [7, 11) is 1.74. The lowest BCUT2D eigenvalue weighted by Crippen LogP contribution is -2.42. The van der Waals surface area contributed by atoms with Gasteiger partial charge >= 0.3 is 0 Å². The number of nitrogens with zero attached hydrogens (tertiary/aromatic N) is 1. The minimum absolute atomic E-state index is 0.130. The van der Waals surface area contributed by atoms with Crippen molar-refractivity contribution in [3.05, 3.63) is 90.0 Å². The van der Waals surface area contributed by atoms with Crippen LogP contribution in [-0.2, 0) is 0 Å². The molecule has 0 saturated heterocycles. The van der Waals surface area contributed by atoms with Crippen molar-refractivity contribution in [1.29, 1.82) is 0 Å². The SMILES string of the molecule is CN(C(=S)NC(=O)c1cccc(OCCOc2ccccc2)c1)c1ccccc1C(=O)NC1CCCCC1. The highest BCUT2D eigenvalue weighted by atomic mass is 32.1. The van der Waals surface area contributed by atoms with Crippen LogP contribution in [0.2, 0.25) is 0 Å². The van der Waals surface area contributed by atoms with Gasteiger partial charge in [0.1, 0.15) is 24.7 Å². The lowest BCUT2D eigenvalue weighted by molar-refractivity contribution is 0.0927. The summed E-state index contributed by atoms with van der Waals surface area (Å²) in [5.41, 5.74) is 1.55. The van der Waals surface area contributed by atoms with E-state index in [2.05, 4.69) is 10.6 Å². The molecule has 0 aliphatic heterocycles. The molecule has 0 spiro atoms. The van der Waals surface area contributed by atoms with Crippen LogP contribution in [0.4, 0.5) is 5.69 Å². The van der Waals surface area contributed by atoms with Crippen LogP contribution in [-0.4, -0.2) is 43.2 Å². The van der Waals surface area contributed by atoms with E-state index >= 15 is 0 Å². The Morgan fingerprint density at radius 3 is 2.26 bits per heavy atom. The molecular formula is C30H33N3O4S. The first kappa shape index (κ1) is 27.1. The first-order valence-corrected chi connectivity index (χ1v) is 13.3. The van der Waals surface area contributed by atoms with Gasteiger partial charge in [-0.1, -0.05) is 55.7 Å². The van der Waals surface area contributed by atoms with Gasteiger partial charge in [0, 0.05) is 18.7 Å². The van der Waals surface area contributed by atoms with Crippen molar-refractivity contribution in [3.63, 3.8) is 0 Å². The number of rotatable bonds is 9. The van der Waals surface area contributed by atoms with E-state index in [-0.39, 0.29) is 23.0 Å². The van der Waals surface area contributed by atoms with Crippen molar-refractivity contribution in [1.82, 2.24) is 10.6 Å². The van der Waals surface area contributed by atoms with Gasteiger partial charge in [-0.3, -0.25) is 14.9 Å². The fraction of sp³-hybridized carbons (Fsp3) is 0.300. The molecule has 0 unspecified atom stereocenters. The Morgan fingerprint density at radius 2 is 1.50 bits per heavy atom. The first-order chi connectivity index (χ1) is 18.5. The quantitative estimate of drug-likeness (QED) is 0.286. The Balaban J connectivity index is 1.33. The average molecular weight is 532 g/mol. The molecule has 0 heterocycles. The number of carbonyl (C=O) groups excluding carboxylic acids is 2. The third-order valence-corrected chi connectivity index (χ3v) is 6.81. The van der Waals surface area contributed by atoms with Crippen LogP contribution in [0.1, 0.15) is 52.8 Å². The smallest absolute Gasteiger partial charge is 0.257 e. The molecule has 1 aliphatic rings. The normalized spacial score (nSPS) is 13.3. The molecule has 0 radical (unpaired) electrons. The molecule has 198 valence electrons. The molecule has 8 heteroatoms. The zero-order chi connectivity index (χ0) is 26.7. The van der Waals surface area contributed by atoms with E-state index in [9.17, 15) is 9.59 Å². The minimum Gasteiger partial charge on any atom is -0.490 e. The number of hydrogen-bond acceptors (Lipinski definition) is 5. The second-order valence-corrected chi connectivity index (χ2v) is 9.57. The van der Waals surface area contributed by atoms with Gasteiger partial charge in [0.15, 0.2) is 5.11 Å². The molecule has 3 aromatic carbocycles. The summed E-state index contributed by atoms with van der Waals surface area (Å²) in [6, 6.07) is 23.8. The lowest BCUT2D eigenvalue weighted by atomic mass is 9.95. The second kappa shape index (κ2) is 13.6. The van der Waals surface area contributed by atoms with Crippen molar-refractivity contribution in [2.45, 2.75) is 38.1 Å². The summed E-state index contributed by atoms with van der Waals surface area (Å²) in [6.07, 6.45) is 5.49. The Bertz CT molecular complexity index is 1250. The van der Waals surface area contributed by atoms with Gasteiger partial charge in [-0.25, -0.2) is 0 Å². The number of carbonyl (C=O) groups is 2. The number of anilines is 1. The summed E-state index contributed by atoms with van der Waals surface area (Å²) in [4.78, 5) is 27.6. The molecule has 0 atom stereocenters. The van der Waals surface area contributed by atoms with E-state index in [1.807, 2.05) is 48.5 Å². The number of para-hydroxylation sites is 2. The first-order valence-electron chi connectivity index (χ1n) is 12.9. The highest BCUT2D eigenvalue weighted by Gasteiger charge is 2.21. The van der Waals surface area contributed by atoms with Crippen LogP contribution in [0.15, 0.2) is 78.9 Å². The topological polar surface area (TPSA) is 79.9 Å². The van der Waals surface area contributed by atoms with Crippen LogP contribution in [0.3, 0.4) is 0 Å². The van der Waals surface area contributed by atoms with Gasteiger partial charge in [-0.15, -0.1) is 0 Å². The Hall–Kier alpha value is -3.91. The second-order valence-electron chi connectivity index (χ2n) is 9.18. The molecule has 3 aromatic rings.